The number of aromatic nitrogens is 1. The maximum absolute atomic E-state index is 12.0. The van der Waals surface area contributed by atoms with E-state index in [4.69, 9.17) is 23.2 Å². The van der Waals surface area contributed by atoms with Gasteiger partial charge in [-0.1, -0.05) is 11.6 Å². The first-order chi connectivity index (χ1) is 5.65. The minimum Gasteiger partial charge on any atom is -0.255 e. The van der Waals surface area contributed by atoms with Crippen molar-refractivity contribution in [2.45, 2.75) is 12.3 Å². The largest absolute Gasteiger partial charge is 0.280 e. The van der Waals surface area contributed by atoms with Gasteiger partial charge in [0, 0.05) is 16.8 Å². The first kappa shape index (κ1) is 9.68. The fourth-order valence-electron chi connectivity index (χ4n) is 0.692. The van der Waals surface area contributed by atoms with E-state index in [1.807, 2.05) is 0 Å². The van der Waals surface area contributed by atoms with E-state index in [-0.39, 0.29) is 16.6 Å². The van der Waals surface area contributed by atoms with Crippen molar-refractivity contribution >= 4 is 23.2 Å². The molecule has 1 aromatic rings. The first-order valence-electron chi connectivity index (χ1n) is 3.13. The average molecular weight is 212 g/mol. The van der Waals surface area contributed by atoms with E-state index in [2.05, 4.69) is 4.98 Å². The number of nitrogens with zero attached hydrogens (tertiary/aromatic N) is 1. The number of halogens is 4. The number of alkyl halides is 3. The van der Waals surface area contributed by atoms with E-state index in [0.717, 1.165) is 6.07 Å². The van der Waals surface area contributed by atoms with E-state index in [0.29, 0.717) is 5.56 Å². The molecule has 1 rings (SSSR count). The SMILES string of the molecule is FC(F)c1cc(Cl)c(CCl)cn1. The minimum atomic E-state index is -2.59. The lowest BCUT2D eigenvalue weighted by molar-refractivity contribution is 0.146. The Hall–Kier alpha value is -0.410. The van der Waals surface area contributed by atoms with Crippen LogP contribution >= 0.6 is 23.2 Å². The molecule has 5 heteroatoms. The molecule has 0 aromatic carbocycles. The van der Waals surface area contributed by atoms with Gasteiger partial charge in [-0.25, -0.2) is 8.78 Å². The third kappa shape index (κ3) is 2.05. The van der Waals surface area contributed by atoms with Crippen LogP contribution in [0.4, 0.5) is 8.78 Å². The molecule has 0 atom stereocenters. The number of pyridine rings is 1. The van der Waals surface area contributed by atoms with Gasteiger partial charge in [-0.2, -0.15) is 0 Å². The van der Waals surface area contributed by atoms with Crippen LogP contribution in [0.5, 0.6) is 0 Å². The van der Waals surface area contributed by atoms with Gasteiger partial charge in [0.2, 0.25) is 0 Å². The van der Waals surface area contributed by atoms with Crippen molar-refractivity contribution in [1.82, 2.24) is 4.98 Å². The van der Waals surface area contributed by atoms with Crippen LogP contribution in [-0.2, 0) is 5.88 Å². The van der Waals surface area contributed by atoms with Crippen molar-refractivity contribution in [3.63, 3.8) is 0 Å². The summed E-state index contributed by atoms with van der Waals surface area (Å²) in [5.74, 6) is 0.176. The summed E-state index contributed by atoms with van der Waals surface area (Å²) in [5, 5.41) is 0.232. The molecule has 0 aliphatic carbocycles. The zero-order valence-electron chi connectivity index (χ0n) is 5.90. The third-order valence-electron chi connectivity index (χ3n) is 1.32. The Morgan fingerprint density at radius 2 is 2.17 bits per heavy atom. The molecule has 0 saturated carbocycles. The van der Waals surface area contributed by atoms with Crippen molar-refractivity contribution in [3.8, 4) is 0 Å². The van der Waals surface area contributed by atoms with Crippen LogP contribution in [0.1, 0.15) is 17.7 Å². The second kappa shape index (κ2) is 4.01. The van der Waals surface area contributed by atoms with Crippen molar-refractivity contribution in [1.29, 1.82) is 0 Å². The number of rotatable bonds is 2. The zero-order valence-corrected chi connectivity index (χ0v) is 7.41. The quantitative estimate of drug-likeness (QED) is 0.684. The van der Waals surface area contributed by atoms with Crippen molar-refractivity contribution in [2.24, 2.45) is 0 Å². The monoisotopic (exact) mass is 211 g/mol. The summed E-state index contributed by atoms with van der Waals surface area (Å²) in [5.41, 5.74) is 0.233. The van der Waals surface area contributed by atoms with Crippen LogP contribution in [0.2, 0.25) is 5.02 Å². The molecule has 0 amide bonds. The van der Waals surface area contributed by atoms with E-state index < -0.39 is 6.43 Å². The molecule has 0 N–H and O–H groups in total. The maximum atomic E-state index is 12.0. The predicted octanol–water partition coefficient (Wildman–Crippen LogP) is 3.41. The van der Waals surface area contributed by atoms with Crippen molar-refractivity contribution in [3.05, 3.63) is 28.5 Å². The molecule has 66 valence electrons. The molecule has 0 spiro atoms. The number of hydrogen-bond donors (Lipinski definition) is 0. The molecule has 0 saturated heterocycles. The molecule has 0 radical (unpaired) electrons. The van der Waals surface area contributed by atoms with Crippen LogP contribution in [0, 0.1) is 0 Å². The lowest BCUT2D eigenvalue weighted by atomic mass is 10.3. The molecule has 1 nitrogen and oxygen atoms in total. The van der Waals surface area contributed by atoms with E-state index in [9.17, 15) is 8.78 Å². The summed E-state index contributed by atoms with van der Waals surface area (Å²) in [6.07, 6.45) is -1.33. The van der Waals surface area contributed by atoms with Crippen molar-refractivity contribution < 1.29 is 8.78 Å². The topological polar surface area (TPSA) is 12.9 Å². The second-order valence-corrected chi connectivity index (χ2v) is 2.81. The Labute approximate surface area is 78.3 Å². The summed E-state index contributed by atoms with van der Waals surface area (Å²) >= 11 is 11.1. The van der Waals surface area contributed by atoms with Crippen LogP contribution in [0.25, 0.3) is 0 Å². The van der Waals surface area contributed by atoms with Crippen LogP contribution < -0.4 is 0 Å². The Morgan fingerprint density at radius 1 is 1.50 bits per heavy atom. The Kier molecular flexibility index (Phi) is 3.23. The molecule has 12 heavy (non-hydrogen) atoms. The molecule has 0 unspecified atom stereocenters. The summed E-state index contributed by atoms with van der Waals surface area (Å²) in [4.78, 5) is 3.49. The summed E-state index contributed by atoms with van der Waals surface area (Å²) in [6.45, 7) is 0. The van der Waals surface area contributed by atoms with E-state index in [1.54, 1.807) is 0 Å². The highest BCUT2D eigenvalue weighted by Gasteiger charge is 2.10. The highest BCUT2D eigenvalue weighted by atomic mass is 35.5. The normalized spacial score (nSPS) is 10.8. The van der Waals surface area contributed by atoms with Gasteiger partial charge >= 0.3 is 0 Å². The summed E-state index contributed by atoms with van der Waals surface area (Å²) in [6, 6.07) is 1.13. The molecule has 0 aliphatic rings. The van der Waals surface area contributed by atoms with E-state index in [1.165, 1.54) is 6.20 Å². The molecule has 1 aromatic heterocycles. The first-order valence-corrected chi connectivity index (χ1v) is 4.05. The smallest absolute Gasteiger partial charge is 0.255 e. The van der Waals surface area contributed by atoms with Gasteiger partial charge in [0.05, 0.1) is 5.88 Å². The molecular formula is C7H5Cl2F2N. The van der Waals surface area contributed by atoms with Gasteiger partial charge in [0.1, 0.15) is 5.69 Å². The van der Waals surface area contributed by atoms with Crippen LogP contribution in [0.15, 0.2) is 12.3 Å². The van der Waals surface area contributed by atoms with Gasteiger partial charge in [0.25, 0.3) is 6.43 Å². The minimum absolute atomic E-state index is 0.176. The van der Waals surface area contributed by atoms with Gasteiger partial charge in [-0.15, -0.1) is 11.6 Å². The summed E-state index contributed by atoms with van der Waals surface area (Å²) < 4.78 is 24.1. The fraction of sp³-hybridized carbons (Fsp3) is 0.286. The van der Waals surface area contributed by atoms with Gasteiger partial charge < -0.3 is 0 Å². The second-order valence-electron chi connectivity index (χ2n) is 2.13. The highest BCUT2D eigenvalue weighted by Crippen LogP contribution is 2.23. The van der Waals surface area contributed by atoms with Crippen LogP contribution in [-0.4, -0.2) is 4.98 Å². The Balaban J connectivity index is 3.02. The van der Waals surface area contributed by atoms with Crippen molar-refractivity contribution in [2.75, 3.05) is 0 Å². The molecule has 0 bridgehead atoms. The van der Waals surface area contributed by atoms with Crippen LogP contribution in [0.3, 0.4) is 0 Å². The third-order valence-corrected chi connectivity index (χ3v) is 1.96. The average Bonchev–Trinajstić information content (AvgIpc) is 2.04. The standard InChI is InChI=1S/C7H5Cl2F2N/c8-2-4-3-12-6(7(10)11)1-5(4)9/h1,3,7H,2H2. The molecular weight excluding hydrogens is 207 g/mol. The Bertz CT molecular complexity index is 278. The number of hydrogen-bond acceptors (Lipinski definition) is 1. The molecule has 1 heterocycles. The predicted molar refractivity (Wildman–Crippen MR) is 43.8 cm³/mol. The lowest BCUT2D eigenvalue weighted by Crippen LogP contribution is -1.92. The maximum Gasteiger partial charge on any atom is 0.280 e. The van der Waals surface area contributed by atoms with Gasteiger partial charge in [-0.05, 0) is 6.07 Å². The molecule has 0 aliphatic heterocycles. The fourth-order valence-corrected chi connectivity index (χ4v) is 1.20. The highest BCUT2D eigenvalue weighted by molar-refractivity contribution is 6.32. The van der Waals surface area contributed by atoms with Gasteiger partial charge in [-0.3, -0.25) is 4.98 Å². The Morgan fingerprint density at radius 3 is 2.58 bits per heavy atom. The molecule has 0 fully saturated rings. The lowest BCUT2D eigenvalue weighted by Gasteiger charge is -2.01. The van der Waals surface area contributed by atoms with E-state index >= 15 is 0 Å². The van der Waals surface area contributed by atoms with Gasteiger partial charge in [0.15, 0.2) is 0 Å². The zero-order chi connectivity index (χ0) is 9.14. The summed E-state index contributed by atoms with van der Waals surface area (Å²) in [7, 11) is 0.